The van der Waals surface area contributed by atoms with Gasteiger partial charge in [0.25, 0.3) is 0 Å². The highest BCUT2D eigenvalue weighted by atomic mass is 16.5. The number of carbonyl (C=O) groups is 2. The van der Waals surface area contributed by atoms with Crippen LogP contribution in [0.5, 0.6) is 5.75 Å². The first-order valence-electron chi connectivity index (χ1n) is 10.3. The summed E-state index contributed by atoms with van der Waals surface area (Å²) in [5.41, 5.74) is 2.63. The van der Waals surface area contributed by atoms with Gasteiger partial charge in [0, 0.05) is 24.3 Å². The van der Waals surface area contributed by atoms with Crippen LogP contribution in [0.25, 0.3) is 0 Å². The molecular weight excluding hydrogens is 390 g/mol. The Kier molecular flexibility index (Phi) is 6.17. The number of carbonyl (C=O) groups excluding carboxylic acids is 2. The zero-order chi connectivity index (χ0) is 21.6. The molecular formula is C25H25N3O3. The summed E-state index contributed by atoms with van der Waals surface area (Å²) >= 11 is 0. The standard InChI is InChI=1S/C25H25N3O3/c1-31-23-14-12-22(13-15-23)27-18-20(16-24(27)29)26-25(30)28(21-10-6-3-7-11-21)17-19-8-4-2-5-9-19/h2-15,20H,16-18H2,1H3,(H,26,30). The summed E-state index contributed by atoms with van der Waals surface area (Å²) in [6.45, 7) is 0.879. The van der Waals surface area contributed by atoms with Crippen LogP contribution >= 0.6 is 0 Å². The highest BCUT2D eigenvalue weighted by molar-refractivity contribution is 5.98. The second-order valence-corrected chi connectivity index (χ2v) is 7.46. The van der Waals surface area contributed by atoms with E-state index in [0.717, 1.165) is 22.7 Å². The number of hydrogen-bond donors (Lipinski definition) is 1. The Bertz CT molecular complexity index is 1020. The van der Waals surface area contributed by atoms with Gasteiger partial charge in [-0.25, -0.2) is 4.79 Å². The van der Waals surface area contributed by atoms with Gasteiger partial charge in [0.15, 0.2) is 0 Å². The zero-order valence-corrected chi connectivity index (χ0v) is 17.4. The van der Waals surface area contributed by atoms with Crippen molar-refractivity contribution >= 4 is 23.3 Å². The molecule has 0 aliphatic carbocycles. The molecule has 3 aromatic rings. The van der Waals surface area contributed by atoms with Crippen LogP contribution in [-0.4, -0.2) is 31.6 Å². The molecule has 1 fully saturated rings. The maximum absolute atomic E-state index is 13.2. The molecule has 1 atom stereocenters. The van der Waals surface area contributed by atoms with Crippen molar-refractivity contribution in [2.45, 2.75) is 19.0 Å². The van der Waals surface area contributed by atoms with E-state index in [4.69, 9.17) is 4.74 Å². The number of urea groups is 1. The fourth-order valence-corrected chi connectivity index (χ4v) is 3.72. The molecule has 1 heterocycles. The molecule has 0 saturated carbocycles. The van der Waals surface area contributed by atoms with Crippen molar-refractivity contribution in [2.75, 3.05) is 23.5 Å². The minimum atomic E-state index is -0.260. The number of para-hydroxylation sites is 1. The molecule has 1 unspecified atom stereocenters. The number of anilines is 2. The van der Waals surface area contributed by atoms with Crippen LogP contribution < -0.4 is 19.9 Å². The van der Waals surface area contributed by atoms with Crippen LogP contribution in [-0.2, 0) is 11.3 Å². The molecule has 31 heavy (non-hydrogen) atoms. The van der Waals surface area contributed by atoms with Crippen molar-refractivity contribution in [3.05, 3.63) is 90.5 Å². The number of methoxy groups -OCH3 is 1. The lowest BCUT2D eigenvalue weighted by Gasteiger charge is -2.25. The molecule has 6 heteroatoms. The summed E-state index contributed by atoms with van der Waals surface area (Å²) in [7, 11) is 1.61. The number of nitrogens with zero attached hydrogens (tertiary/aromatic N) is 2. The summed E-state index contributed by atoms with van der Waals surface area (Å²) in [6, 6.07) is 26.3. The Morgan fingerprint density at radius 1 is 1.00 bits per heavy atom. The van der Waals surface area contributed by atoms with Gasteiger partial charge in [-0.1, -0.05) is 48.5 Å². The number of rotatable bonds is 6. The third kappa shape index (κ3) is 4.86. The summed E-state index contributed by atoms with van der Waals surface area (Å²) in [4.78, 5) is 29.2. The van der Waals surface area contributed by atoms with Crippen LogP contribution in [0.15, 0.2) is 84.9 Å². The predicted molar refractivity (Wildman–Crippen MR) is 121 cm³/mol. The number of benzene rings is 3. The van der Waals surface area contributed by atoms with Crippen molar-refractivity contribution in [1.29, 1.82) is 0 Å². The van der Waals surface area contributed by atoms with E-state index < -0.39 is 0 Å². The first kappa shape index (κ1) is 20.5. The van der Waals surface area contributed by atoms with Gasteiger partial charge < -0.3 is 15.0 Å². The van der Waals surface area contributed by atoms with E-state index in [1.807, 2.05) is 84.9 Å². The normalized spacial score (nSPS) is 15.6. The average molecular weight is 415 g/mol. The molecule has 158 valence electrons. The molecule has 0 aromatic heterocycles. The van der Waals surface area contributed by atoms with Gasteiger partial charge in [-0.15, -0.1) is 0 Å². The van der Waals surface area contributed by atoms with Gasteiger partial charge in [0.2, 0.25) is 5.91 Å². The Morgan fingerprint density at radius 3 is 2.29 bits per heavy atom. The smallest absolute Gasteiger partial charge is 0.322 e. The molecule has 0 spiro atoms. The topological polar surface area (TPSA) is 61.9 Å². The molecule has 4 rings (SSSR count). The minimum Gasteiger partial charge on any atom is -0.497 e. The average Bonchev–Trinajstić information content (AvgIpc) is 3.18. The summed E-state index contributed by atoms with van der Waals surface area (Å²) in [5, 5.41) is 3.05. The maximum Gasteiger partial charge on any atom is 0.322 e. The lowest BCUT2D eigenvalue weighted by molar-refractivity contribution is -0.117. The molecule has 1 aliphatic heterocycles. The van der Waals surface area contributed by atoms with Gasteiger partial charge in [0.1, 0.15) is 5.75 Å². The lowest BCUT2D eigenvalue weighted by atomic mass is 10.2. The summed E-state index contributed by atoms with van der Waals surface area (Å²) < 4.78 is 5.18. The number of ether oxygens (including phenoxy) is 1. The van der Waals surface area contributed by atoms with Crippen molar-refractivity contribution < 1.29 is 14.3 Å². The first-order chi connectivity index (χ1) is 15.1. The monoisotopic (exact) mass is 415 g/mol. The Balaban J connectivity index is 1.47. The lowest BCUT2D eigenvalue weighted by Crippen LogP contribution is -2.45. The third-order valence-electron chi connectivity index (χ3n) is 5.33. The quantitative estimate of drug-likeness (QED) is 0.656. The Morgan fingerprint density at radius 2 is 1.65 bits per heavy atom. The SMILES string of the molecule is COc1ccc(N2CC(NC(=O)N(Cc3ccccc3)c3ccccc3)CC2=O)cc1. The second-order valence-electron chi connectivity index (χ2n) is 7.46. The van der Waals surface area contributed by atoms with E-state index in [9.17, 15) is 9.59 Å². The van der Waals surface area contributed by atoms with Gasteiger partial charge in [0.05, 0.1) is 19.7 Å². The predicted octanol–water partition coefficient (Wildman–Crippen LogP) is 4.22. The third-order valence-corrected chi connectivity index (χ3v) is 5.33. The Hall–Kier alpha value is -3.80. The van der Waals surface area contributed by atoms with Crippen molar-refractivity contribution in [1.82, 2.24) is 5.32 Å². The van der Waals surface area contributed by atoms with E-state index >= 15 is 0 Å². The van der Waals surface area contributed by atoms with Gasteiger partial charge in [-0.05, 0) is 42.0 Å². The van der Waals surface area contributed by atoms with E-state index in [2.05, 4.69) is 5.32 Å². The van der Waals surface area contributed by atoms with Gasteiger partial charge in [-0.3, -0.25) is 9.69 Å². The maximum atomic E-state index is 13.2. The minimum absolute atomic E-state index is 0.00946. The number of amides is 3. The van der Waals surface area contributed by atoms with Crippen molar-refractivity contribution in [2.24, 2.45) is 0 Å². The van der Waals surface area contributed by atoms with Crippen LogP contribution in [0.2, 0.25) is 0 Å². The van der Waals surface area contributed by atoms with E-state index in [1.165, 1.54) is 0 Å². The number of hydrogen-bond acceptors (Lipinski definition) is 3. The molecule has 1 N–H and O–H groups in total. The van der Waals surface area contributed by atoms with E-state index in [0.29, 0.717) is 13.1 Å². The fourth-order valence-electron chi connectivity index (χ4n) is 3.72. The highest BCUT2D eigenvalue weighted by Gasteiger charge is 2.32. The molecule has 3 aromatic carbocycles. The van der Waals surface area contributed by atoms with E-state index in [1.54, 1.807) is 16.9 Å². The fraction of sp³-hybridized carbons (Fsp3) is 0.200. The zero-order valence-electron chi connectivity index (χ0n) is 17.4. The summed E-state index contributed by atoms with van der Waals surface area (Å²) in [6.07, 6.45) is 0.270. The van der Waals surface area contributed by atoms with Crippen molar-refractivity contribution in [3.63, 3.8) is 0 Å². The van der Waals surface area contributed by atoms with Crippen LogP contribution in [0.4, 0.5) is 16.2 Å². The summed E-state index contributed by atoms with van der Waals surface area (Å²) in [5.74, 6) is 0.726. The van der Waals surface area contributed by atoms with Crippen molar-refractivity contribution in [3.8, 4) is 5.75 Å². The second kappa shape index (κ2) is 9.34. The number of nitrogens with one attached hydrogen (secondary N) is 1. The largest absolute Gasteiger partial charge is 0.497 e. The van der Waals surface area contributed by atoms with E-state index in [-0.39, 0.29) is 24.4 Å². The molecule has 6 nitrogen and oxygen atoms in total. The molecule has 0 radical (unpaired) electrons. The van der Waals surface area contributed by atoms with Crippen LogP contribution in [0.3, 0.4) is 0 Å². The first-order valence-corrected chi connectivity index (χ1v) is 10.3. The highest BCUT2D eigenvalue weighted by Crippen LogP contribution is 2.25. The Labute approximate surface area is 182 Å². The molecule has 3 amide bonds. The molecule has 0 bridgehead atoms. The molecule has 1 saturated heterocycles. The van der Waals surface area contributed by atoms with Crippen LogP contribution in [0.1, 0.15) is 12.0 Å². The van der Waals surface area contributed by atoms with Gasteiger partial charge >= 0.3 is 6.03 Å². The van der Waals surface area contributed by atoms with Gasteiger partial charge in [-0.2, -0.15) is 0 Å². The van der Waals surface area contributed by atoms with Crippen LogP contribution in [0, 0.1) is 0 Å². The molecule has 1 aliphatic rings.